The Hall–Kier alpha value is -1.51. The predicted molar refractivity (Wildman–Crippen MR) is 75.1 cm³/mol. The van der Waals surface area contributed by atoms with Crippen LogP contribution in [-0.4, -0.2) is 11.7 Å². The molecule has 2 nitrogen and oxygen atoms in total. The summed E-state index contributed by atoms with van der Waals surface area (Å²) in [5.41, 5.74) is 2.21. The Kier molecular flexibility index (Phi) is 4.24. The van der Waals surface area contributed by atoms with Gasteiger partial charge in [-0.2, -0.15) is 0 Å². The number of halogens is 1. The van der Waals surface area contributed by atoms with E-state index in [4.69, 9.17) is 16.3 Å². The van der Waals surface area contributed by atoms with E-state index in [1.54, 1.807) is 13.0 Å². The number of aliphatic hydroxyl groups excluding tert-OH is 1. The SMILES string of the molecule is C[C@@H](O)c1ccc2ccccc2c1OCC=CCl. The Morgan fingerprint density at radius 1 is 1.28 bits per heavy atom. The molecule has 0 aliphatic carbocycles. The quantitative estimate of drug-likeness (QED) is 0.902. The zero-order valence-electron chi connectivity index (χ0n) is 10.1. The smallest absolute Gasteiger partial charge is 0.133 e. The van der Waals surface area contributed by atoms with Crippen molar-refractivity contribution in [2.45, 2.75) is 13.0 Å². The first-order valence-corrected chi connectivity index (χ1v) is 6.25. The Bertz CT molecular complexity index is 561. The maximum absolute atomic E-state index is 9.80. The third kappa shape index (κ3) is 2.66. The number of fused-ring (bicyclic) bond motifs is 1. The average molecular weight is 263 g/mol. The van der Waals surface area contributed by atoms with Crippen molar-refractivity contribution in [2.24, 2.45) is 0 Å². The Morgan fingerprint density at radius 3 is 2.78 bits per heavy atom. The zero-order chi connectivity index (χ0) is 13.0. The molecule has 0 aliphatic rings. The summed E-state index contributed by atoms with van der Waals surface area (Å²) in [6.45, 7) is 2.12. The molecule has 2 aromatic carbocycles. The van der Waals surface area contributed by atoms with Crippen molar-refractivity contribution in [3.05, 3.63) is 53.6 Å². The van der Waals surface area contributed by atoms with Gasteiger partial charge in [-0.15, -0.1) is 0 Å². The maximum atomic E-state index is 9.80. The summed E-state index contributed by atoms with van der Waals surface area (Å²) >= 11 is 5.48. The van der Waals surface area contributed by atoms with E-state index < -0.39 is 6.10 Å². The third-order valence-corrected chi connectivity index (χ3v) is 2.95. The van der Waals surface area contributed by atoms with Crippen LogP contribution in [0, 0.1) is 0 Å². The van der Waals surface area contributed by atoms with Crippen LogP contribution in [0.25, 0.3) is 10.8 Å². The van der Waals surface area contributed by atoms with E-state index in [2.05, 4.69) is 0 Å². The van der Waals surface area contributed by atoms with Crippen LogP contribution in [0.5, 0.6) is 5.75 Å². The second kappa shape index (κ2) is 5.89. The van der Waals surface area contributed by atoms with Crippen LogP contribution in [0.4, 0.5) is 0 Å². The molecule has 0 spiro atoms. The first-order valence-electron chi connectivity index (χ1n) is 5.81. The van der Waals surface area contributed by atoms with Gasteiger partial charge in [0, 0.05) is 16.5 Å². The lowest BCUT2D eigenvalue weighted by atomic mass is 10.0. The highest BCUT2D eigenvalue weighted by molar-refractivity contribution is 6.25. The molecule has 3 heteroatoms. The molecule has 0 saturated carbocycles. The summed E-state index contributed by atoms with van der Waals surface area (Å²) in [6, 6.07) is 11.8. The largest absolute Gasteiger partial charge is 0.488 e. The Balaban J connectivity index is 2.51. The summed E-state index contributed by atoms with van der Waals surface area (Å²) in [7, 11) is 0. The molecule has 1 atom stereocenters. The number of rotatable bonds is 4. The monoisotopic (exact) mass is 262 g/mol. The lowest BCUT2D eigenvalue weighted by Crippen LogP contribution is -2.01. The van der Waals surface area contributed by atoms with E-state index in [9.17, 15) is 5.11 Å². The lowest BCUT2D eigenvalue weighted by molar-refractivity contribution is 0.193. The van der Waals surface area contributed by atoms with E-state index in [-0.39, 0.29) is 0 Å². The van der Waals surface area contributed by atoms with Crippen molar-refractivity contribution in [1.82, 2.24) is 0 Å². The molecule has 0 saturated heterocycles. The van der Waals surface area contributed by atoms with E-state index in [1.165, 1.54) is 5.54 Å². The van der Waals surface area contributed by atoms with Gasteiger partial charge in [0.2, 0.25) is 0 Å². The van der Waals surface area contributed by atoms with Crippen LogP contribution < -0.4 is 4.74 Å². The van der Waals surface area contributed by atoms with Crippen LogP contribution in [0.3, 0.4) is 0 Å². The molecule has 18 heavy (non-hydrogen) atoms. The Morgan fingerprint density at radius 2 is 2.06 bits per heavy atom. The van der Waals surface area contributed by atoms with Gasteiger partial charge in [0.15, 0.2) is 0 Å². The van der Waals surface area contributed by atoms with Crippen LogP contribution in [0.15, 0.2) is 48.0 Å². The second-order valence-electron chi connectivity index (χ2n) is 4.05. The minimum atomic E-state index is -0.565. The van der Waals surface area contributed by atoms with Crippen LogP contribution >= 0.6 is 11.6 Å². The Labute approximate surface area is 111 Å². The van der Waals surface area contributed by atoms with Crippen molar-refractivity contribution in [3.63, 3.8) is 0 Å². The van der Waals surface area contributed by atoms with Crippen LogP contribution in [0.1, 0.15) is 18.6 Å². The lowest BCUT2D eigenvalue weighted by Gasteiger charge is -2.15. The fourth-order valence-electron chi connectivity index (χ4n) is 1.92. The van der Waals surface area contributed by atoms with Gasteiger partial charge in [-0.25, -0.2) is 0 Å². The van der Waals surface area contributed by atoms with Gasteiger partial charge in [-0.05, 0) is 18.4 Å². The van der Waals surface area contributed by atoms with Gasteiger partial charge >= 0.3 is 0 Å². The van der Waals surface area contributed by atoms with Gasteiger partial charge in [-0.1, -0.05) is 48.0 Å². The van der Waals surface area contributed by atoms with Gasteiger partial charge in [0.05, 0.1) is 6.10 Å². The molecular weight excluding hydrogens is 248 g/mol. The predicted octanol–water partition coefficient (Wildman–Crippen LogP) is 4.02. The van der Waals surface area contributed by atoms with Gasteiger partial charge < -0.3 is 9.84 Å². The summed E-state index contributed by atoms with van der Waals surface area (Å²) in [4.78, 5) is 0. The number of benzene rings is 2. The first-order chi connectivity index (χ1) is 8.74. The number of aliphatic hydroxyl groups is 1. The molecule has 0 amide bonds. The number of ether oxygens (including phenoxy) is 1. The van der Waals surface area contributed by atoms with Crippen LogP contribution in [-0.2, 0) is 0 Å². The van der Waals surface area contributed by atoms with E-state index in [1.807, 2.05) is 36.4 Å². The summed E-state index contributed by atoms with van der Waals surface area (Å²) in [5, 5.41) is 11.9. The van der Waals surface area contributed by atoms with Gasteiger partial charge in [0.25, 0.3) is 0 Å². The maximum Gasteiger partial charge on any atom is 0.133 e. The highest BCUT2D eigenvalue weighted by atomic mass is 35.5. The summed E-state index contributed by atoms with van der Waals surface area (Å²) < 4.78 is 5.72. The summed E-state index contributed by atoms with van der Waals surface area (Å²) in [5.74, 6) is 0.720. The normalized spacial score (nSPS) is 13.1. The molecule has 0 aromatic heterocycles. The molecule has 2 aromatic rings. The fraction of sp³-hybridized carbons (Fsp3) is 0.200. The molecule has 94 valence electrons. The first kappa shape index (κ1) is 12.9. The number of hydrogen-bond donors (Lipinski definition) is 1. The van der Waals surface area contributed by atoms with Crippen LogP contribution in [0.2, 0.25) is 0 Å². The van der Waals surface area contributed by atoms with Crippen molar-refractivity contribution in [3.8, 4) is 5.75 Å². The minimum Gasteiger partial charge on any atom is -0.488 e. The van der Waals surface area contributed by atoms with Crippen molar-refractivity contribution >= 4 is 22.4 Å². The standard InChI is InChI=1S/C15H15ClO2/c1-11(17)13-8-7-12-5-2-3-6-14(12)15(13)18-10-4-9-16/h2-9,11,17H,10H2,1H3/t11-/m1/s1. The van der Waals surface area contributed by atoms with Gasteiger partial charge in [-0.3, -0.25) is 0 Å². The zero-order valence-corrected chi connectivity index (χ0v) is 10.9. The molecule has 0 heterocycles. The fourth-order valence-corrected chi connectivity index (χ4v) is 1.99. The van der Waals surface area contributed by atoms with E-state index in [0.29, 0.717) is 6.61 Å². The van der Waals surface area contributed by atoms with Gasteiger partial charge in [0.1, 0.15) is 12.4 Å². The van der Waals surface area contributed by atoms with E-state index in [0.717, 1.165) is 22.1 Å². The topological polar surface area (TPSA) is 29.5 Å². The highest BCUT2D eigenvalue weighted by Gasteiger charge is 2.12. The molecule has 0 radical (unpaired) electrons. The molecule has 0 unspecified atom stereocenters. The molecule has 0 aliphatic heterocycles. The minimum absolute atomic E-state index is 0.386. The molecular formula is C15H15ClO2. The average Bonchev–Trinajstić information content (AvgIpc) is 2.38. The molecule has 0 bridgehead atoms. The molecule has 2 rings (SSSR count). The number of hydrogen-bond acceptors (Lipinski definition) is 2. The third-order valence-electron chi connectivity index (χ3n) is 2.77. The molecule has 1 N–H and O–H groups in total. The molecule has 0 fully saturated rings. The highest BCUT2D eigenvalue weighted by Crippen LogP contribution is 2.33. The second-order valence-corrected chi connectivity index (χ2v) is 4.31. The summed E-state index contributed by atoms with van der Waals surface area (Å²) in [6.07, 6.45) is 1.15. The van der Waals surface area contributed by atoms with E-state index >= 15 is 0 Å². The van der Waals surface area contributed by atoms with Crippen molar-refractivity contribution in [1.29, 1.82) is 0 Å². The van der Waals surface area contributed by atoms with Crippen molar-refractivity contribution in [2.75, 3.05) is 6.61 Å². The van der Waals surface area contributed by atoms with Crippen molar-refractivity contribution < 1.29 is 9.84 Å².